The van der Waals surface area contributed by atoms with Gasteiger partial charge in [-0.1, -0.05) is 24.3 Å². The van der Waals surface area contributed by atoms with Crippen molar-refractivity contribution in [1.29, 1.82) is 0 Å². The molecule has 1 amide bonds. The van der Waals surface area contributed by atoms with Crippen LogP contribution < -0.4 is 0 Å². The fourth-order valence-corrected chi connectivity index (χ4v) is 3.91. The maximum atomic E-state index is 13.2. The molecule has 1 aromatic carbocycles. The van der Waals surface area contributed by atoms with Gasteiger partial charge in [0, 0.05) is 24.2 Å². The van der Waals surface area contributed by atoms with E-state index in [-0.39, 0.29) is 11.9 Å². The van der Waals surface area contributed by atoms with Gasteiger partial charge in [-0.15, -0.1) is 0 Å². The van der Waals surface area contributed by atoms with Crippen LogP contribution in [0.25, 0.3) is 5.65 Å². The molecule has 1 fully saturated rings. The number of carbonyl (C=O) groups is 1. The Balaban J connectivity index is 1.53. The van der Waals surface area contributed by atoms with Gasteiger partial charge < -0.3 is 4.90 Å². The van der Waals surface area contributed by atoms with Crippen molar-refractivity contribution in [3.8, 4) is 0 Å². The number of aromatic nitrogens is 3. The first kappa shape index (κ1) is 14.6. The van der Waals surface area contributed by atoms with Crippen molar-refractivity contribution in [2.24, 2.45) is 0 Å². The largest absolute Gasteiger partial charge is 0.330 e. The molecule has 0 N–H and O–H groups in total. The Kier molecular flexibility index (Phi) is 3.17. The summed E-state index contributed by atoms with van der Waals surface area (Å²) in [4.78, 5) is 19.7. The highest BCUT2D eigenvalue weighted by Crippen LogP contribution is 2.40. The van der Waals surface area contributed by atoms with Gasteiger partial charge in [0.1, 0.15) is 5.69 Å². The number of fused-ring (bicyclic) bond motifs is 2. The van der Waals surface area contributed by atoms with Crippen molar-refractivity contribution in [3.63, 3.8) is 0 Å². The molecule has 2 aromatic heterocycles. The van der Waals surface area contributed by atoms with Crippen molar-refractivity contribution in [3.05, 3.63) is 65.1 Å². The van der Waals surface area contributed by atoms with Crippen LogP contribution in [0.1, 0.15) is 59.0 Å². The second kappa shape index (κ2) is 5.41. The number of hydrogen-bond donors (Lipinski definition) is 0. The topological polar surface area (TPSA) is 50.5 Å². The molecular weight excluding hydrogens is 312 g/mol. The normalized spacial score (nSPS) is 19.9. The molecule has 1 saturated carbocycles. The molecule has 0 spiro atoms. The summed E-state index contributed by atoms with van der Waals surface area (Å²) in [5.41, 5.74) is 5.01. The third-order valence-corrected chi connectivity index (χ3v) is 5.46. The molecule has 25 heavy (non-hydrogen) atoms. The van der Waals surface area contributed by atoms with Crippen molar-refractivity contribution in [2.75, 3.05) is 6.54 Å². The maximum absolute atomic E-state index is 13.2. The molecule has 5 nitrogen and oxygen atoms in total. The first-order chi connectivity index (χ1) is 12.2. The maximum Gasteiger partial charge on any atom is 0.273 e. The average molecular weight is 332 g/mol. The molecular formula is C20H20N4O. The Labute approximate surface area is 146 Å². The minimum atomic E-state index is 0.0209. The Hall–Kier alpha value is -2.69. The molecule has 3 aromatic rings. The Morgan fingerprint density at radius 2 is 2.04 bits per heavy atom. The minimum absolute atomic E-state index is 0.0209. The molecule has 1 aliphatic carbocycles. The van der Waals surface area contributed by atoms with Crippen LogP contribution in [0.3, 0.4) is 0 Å². The highest BCUT2D eigenvalue weighted by molar-refractivity contribution is 5.93. The summed E-state index contributed by atoms with van der Waals surface area (Å²) in [5, 5.41) is 4.37. The van der Waals surface area contributed by atoms with E-state index in [9.17, 15) is 4.79 Å². The summed E-state index contributed by atoms with van der Waals surface area (Å²) < 4.78 is 1.88. The van der Waals surface area contributed by atoms with Gasteiger partial charge >= 0.3 is 0 Å². The van der Waals surface area contributed by atoms with E-state index >= 15 is 0 Å². The molecule has 0 radical (unpaired) electrons. The van der Waals surface area contributed by atoms with Gasteiger partial charge in [-0.05, 0) is 43.4 Å². The van der Waals surface area contributed by atoms with Crippen LogP contribution in [0.2, 0.25) is 0 Å². The zero-order chi connectivity index (χ0) is 17.0. The van der Waals surface area contributed by atoms with Crippen LogP contribution in [0, 0.1) is 0 Å². The van der Waals surface area contributed by atoms with Gasteiger partial charge in [0.25, 0.3) is 5.91 Å². The van der Waals surface area contributed by atoms with Crippen LogP contribution in [0.4, 0.5) is 0 Å². The molecule has 0 saturated heterocycles. The summed E-state index contributed by atoms with van der Waals surface area (Å²) in [7, 11) is 0. The van der Waals surface area contributed by atoms with Gasteiger partial charge in [0.15, 0.2) is 5.65 Å². The Morgan fingerprint density at radius 3 is 2.88 bits per heavy atom. The molecule has 2 aliphatic rings. The molecule has 5 heteroatoms. The monoisotopic (exact) mass is 332 g/mol. The number of hydrogen-bond acceptors (Lipinski definition) is 3. The number of rotatable bonds is 2. The number of nitrogens with zero attached hydrogens (tertiary/aromatic N) is 4. The lowest BCUT2D eigenvalue weighted by Crippen LogP contribution is -2.39. The van der Waals surface area contributed by atoms with Crippen molar-refractivity contribution >= 4 is 11.6 Å². The first-order valence-corrected chi connectivity index (χ1v) is 8.96. The lowest BCUT2D eigenvalue weighted by molar-refractivity contribution is 0.0671. The third kappa shape index (κ3) is 2.34. The average Bonchev–Trinajstić information content (AvgIpc) is 3.38. The SMILES string of the molecule is CC1c2ccccc2CCN1C(=O)c1cc(C2CC2)n2nccc2n1. The Bertz CT molecular complexity index is 973. The van der Waals surface area contributed by atoms with Gasteiger partial charge in [0.05, 0.1) is 12.2 Å². The number of carbonyl (C=O) groups excluding carboxylic acids is 1. The smallest absolute Gasteiger partial charge is 0.273 e. The summed E-state index contributed by atoms with van der Waals surface area (Å²) in [6, 6.07) is 12.3. The third-order valence-electron chi connectivity index (χ3n) is 5.46. The molecule has 126 valence electrons. The van der Waals surface area contributed by atoms with E-state index in [1.54, 1.807) is 6.20 Å². The lowest BCUT2D eigenvalue weighted by Gasteiger charge is -2.35. The number of benzene rings is 1. The van der Waals surface area contributed by atoms with Gasteiger partial charge in [-0.3, -0.25) is 4.79 Å². The van der Waals surface area contributed by atoms with E-state index in [1.165, 1.54) is 24.0 Å². The van der Waals surface area contributed by atoms with Crippen molar-refractivity contribution < 1.29 is 4.79 Å². The van der Waals surface area contributed by atoms with Gasteiger partial charge in [-0.2, -0.15) is 5.10 Å². The predicted molar refractivity (Wildman–Crippen MR) is 94.6 cm³/mol. The summed E-state index contributed by atoms with van der Waals surface area (Å²) >= 11 is 0. The number of amides is 1. The summed E-state index contributed by atoms with van der Waals surface area (Å²) in [6.45, 7) is 2.84. The highest BCUT2D eigenvalue weighted by Gasteiger charge is 2.32. The quantitative estimate of drug-likeness (QED) is 0.723. The van der Waals surface area contributed by atoms with Crippen LogP contribution >= 0.6 is 0 Å². The van der Waals surface area contributed by atoms with E-state index in [2.05, 4.69) is 35.2 Å². The highest BCUT2D eigenvalue weighted by atomic mass is 16.2. The fraction of sp³-hybridized carbons (Fsp3) is 0.350. The zero-order valence-corrected chi connectivity index (χ0v) is 14.2. The molecule has 1 atom stereocenters. The summed E-state index contributed by atoms with van der Waals surface area (Å²) in [5.74, 6) is 0.532. The van der Waals surface area contributed by atoms with Crippen LogP contribution in [-0.4, -0.2) is 31.9 Å². The van der Waals surface area contributed by atoms with Gasteiger partial charge in [-0.25, -0.2) is 9.50 Å². The molecule has 1 unspecified atom stereocenters. The molecule has 0 bridgehead atoms. The van der Waals surface area contributed by atoms with Crippen LogP contribution in [0.15, 0.2) is 42.6 Å². The van der Waals surface area contributed by atoms with Gasteiger partial charge in [0.2, 0.25) is 0 Å². The minimum Gasteiger partial charge on any atom is -0.330 e. The van der Waals surface area contributed by atoms with E-state index in [0.29, 0.717) is 11.6 Å². The van der Waals surface area contributed by atoms with Crippen molar-refractivity contribution in [1.82, 2.24) is 19.5 Å². The first-order valence-electron chi connectivity index (χ1n) is 8.96. The van der Waals surface area contributed by atoms with Crippen molar-refractivity contribution in [2.45, 2.75) is 38.1 Å². The second-order valence-corrected chi connectivity index (χ2v) is 7.07. The Morgan fingerprint density at radius 1 is 1.20 bits per heavy atom. The lowest BCUT2D eigenvalue weighted by atomic mass is 9.93. The standard InChI is InChI=1S/C20H20N4O/c1-13-16-5-3-2-4-14(16)9-11-23(13)20(25)17-12-18(15-6-7-15)24-19(22-17)8-10-21-24/h2-5,8,10,12-13,15H,6-7,9,11H2,1H3. The molecule has 5 rings (SSSR count). The van der Waals surface area contributed by atoms with E-state index in [0.717, 1.165) is 24.3 Å². The van der Waals surface area contributed by atoms with E-state index < -0.39 is 0 Å². The predicted octanol–water partition coefficient (Wildman–Crippen LogP) is 3.37. The van der Waals surface area contributed by atoms with E-state index in [4.69, 9.17) is 0 Å². The van der Waals surface area contributed by atoms with Crippen LogP contribution in [0.5, 0.6) is 0 Å². The second-order valence-electron chi connectivity index (χ2n) is 7.07. The summed E-state index contributed by atoms with van der Waals surface area (Å²) in [6.07, 6.45) is 4.99. The molecule has 3 heterocycles. The van der Waals surface area contributed by atoms with Crippen LogP contribution in [-0.2, 0) is 6.42 Å². The fourth-order valence-electron chi connectivity index (χ4n) is 3.91. The molecule has 1 aliphatic heterocycles. The zero-order valence-electron chi connectivity index (χ0n) is 14.2. The van der Waals surface area contributed by atoms with E-state index in [1.807, 2.05) is 27.6 Å².